The highest BCUT2D eigenvalue weighted by molar-refractivity contribution is 6.05. The second-order valence-corrected chi connectivity index (χ2v) is 3.80. The quantitative estimate of drug-likeness (QED) is 0.576. The van der Waals surface area contributed by atoms with Crippen LogP contribution in [-0.2, 0) is 4.79 Å². The van der Waals surface area contributed by atoms with Gasteiger partial charge in [-0.3, -0.25) is 4.79 Å². The summed E-state index contributed by atoms with van der Waals surface area (Å²) < 4.78 is 0. The lowest BCUT2D eigenvalue weighted by Crippen LogP contribution is -2.44. The van der Waals surface area contributed by atoms with Gasteiger partial charge >= 0.3 is 6.03 Å². The Bertz CT molecular complexity index is 428. The Labute approximate surface area is 100 Å². The average molecular weight is 230 g/mol. The summed E-state index contributed by atoms with van der Waals surface area (Å²) in [5, 5.41) is 0. The molecule has 0 aliphatic carbocycles. The molecule has 88 valence electrons. The monoisotopic (exact) mass is 230 g/mol. The second-order valence-electron chi connectivity index (χ2n) is 3.80. The molecule has 0 saturated heterocycles. The summed E-state index contributed by atoms with van der Waals surface area (Å²) in [7, 11) is 0. The van der Waals surface area contributed by atoms with Crippen LogP contribution in [0.25, 0.3) is 0 Å². The molecule has 0 bridgehead atoms. The standard InChI is InChI=1S/C13H14N2O2/c16-11-15(12-7-3-1-4-8-12)13(17)14-9-5-2-6-10-14/h1-5,7-8,11H,6,9-10H2. The first-order valence-electron chi connectivity index (χ1n) is 5.56. The maximum atomic E-state index is 12.1. The first kappa shape index (κ1) is 11.4. The van der Waals surface area contributed by atoms with Gasteiger partial charge < -0.3 is 4.90 Å². The van der Waals surface area contributed by atoms with Crippen molar-refractivity contribution < 1.29 is 9.59 Å². The first-order valence-corrected chi connectivity index (χ1v) is 5.56. The number of urea groups is 1. The van der Waals surface area contributed by atoms with E-state index in [9.17, 15) is 9.59 Å². The molecular formula is C13H14N2O2. The van der Waals surface area contributed by atoms with Gasteiger partial charge in [-0.05, 0) is 18.6 Å². The Balaban J connectivity index is 2.16. The molecule has 2 rings (SSSR count). The third-order valence-corrected chi connectivity index (χ3v) is 2.67. The number of hydrogen-bond donors (Lipinski definition) is 0. The molecule has 17 heavy (non-hydrogen) atoms. The van der Waals surface area contributed by atoms with Crippen molar-refractivity contribution in [3.8, 4) is 0 Å². The zero-order chi connectivity index (χ0) is 12.1. The maximum absolute atomic E-state index is 12.1. The molecule has 4 heteroatoms. The maximum Gasteiger partial charge on any atom is 0.331 e. The SMILES string of the molecule is O=CN(C(=O)N1CC=CCC1)c1ccccc1. The number of imide groups is 1. The van der Waals surface area contributed by atoms with E-state index in [4.69, 9.17) is 0 Å². The fourth-order valence-corrected chi connectivity index (χ4v) is 1.77. The van der Waals surface area contributed by atoms with Gasteiger partial charge in [-0.1, -0.05) is 30.4 Å². The van der Waals surface area contributed by atoms with Gasteiger partial charge in [0.05, 0.1) is 5.69 Å². The van der Waals surface area contributed by atoms with Gasteiger partial charge in [0, 0.05) is 13.1 Å². The van der Waals surface area contributed by atoms with Crippen molar-refractivity contribution in [3.05, 3.63) is 42.5 Å². The summed E-state index contributed by atoms with van der Waals surface area (Å²) in [6.07, 6.45) is 5.39. The predicted molar refractivity (Wildman–Crippen MR) is 65.7 cm³/mol. The topological polar surface area (TPSA) is 40.6 Å². The van der Waals surface area contributed by atoms with Crippen LogP contribution in [0.1, 0.15) is 6.42 Å². The van der Waals surface area contributed by atoms with Gasteiger partial charge in [-0.15, -0.1) is 0 Å². The highest BCUT2D eigenvalue weighted by Gasteiger charge is 2.21. The van der Waals surface area contributed by atoms with Crippen LogP contribution in [0.15, 0.2) is 42.5 Å². The van der Waals surface area contributed by atoms with Crippen molar-refractivity contribution in [1.82, 2.24) is 4.90 Å². The summed E-state index contributed by atoms with van der Waals surface area (Å²) in [6, 6.07) is 8.67. The third-order valence-electron chi connectivity index (χ3n) is 2.67. The van der Waals surface area contributed by atoms with E-state index < -0.39 is 0 Å². The van der Waals surface area contributed by atoms with E-state index in [-0.39, 0.29) is 6.03 Å². The summed E-state index contributed by atoms with van der Waals surface area (Å²) in [5.41, 5.74) is 0.599. The normalized spacial score (nSPS) is 14.5. The van der Waals surface area contributed by atoms with E-state index in [1.165, 1.54) is 0 Å². The Morgan fingerprint density at radius 1 is 1.24 bits per heavy atom. The molecule has 1 aliphatic heterocycles. The van der Waals surface area contributed by atoms with E-state index >= 15 is 0 Å². The molecule has 0 atom stereocenters. The molecule has 0 spiro atoms. The molecule has 0 saturated carbocycles. The number of benzene rings is 1. The lowest BCUT2D eigenvalue weighted by Gasteiger charge is -2.27. The molecule has 1 heterocycles. The van der Waals surface area contributed by atoms with Crippen LogP contribution in [-0.4, -0.2) is 30.4 Å². The van der Waals surface area contributed by atoms with Crippen molar-refractivity contribution >= 4 is 18.1 Å². The van der Waals surface area contributed by atoms with Crippen molar-refractivity contribution in [2.24, 2.45) is 0 Å². The molecule has 1 aromatic carbocycles. The fourth-order valence-electron chi connectivity index (χ4n) is 1.77. The van der Waals surface area contributed by atoms with Crippen molar-refractivity contribution in [2.45, 2.75) is 6.42 Å². The van der Waals surface area contributed by atoms with Crippen LogP contribution in [0, 0.1) is 0 Å². The molecule has 0 unspecified atom stereocenters. The fraction of sp³-hybridized carbons (Fsp3) is 0.231. The minimum atomic E-state index is -0.268. The largest absolute Gasteiger partial charge is 0.331 e. The number of para-hydroxylation sites is 1. The number of anilines is 1. The zero-order valence-corrected chi connectivity index (χ0v) is 9.45. The average Bonchev–Trinajstić information content (AvgIpc) is 2.42. The number of nitrogens with zero attached hydrogens (tertiary/aromatic N) is 2. The van der Waals surface area contributed by atoms with E-state index in [0.717, 1.165) is 11.3 Å². The van der Waals surface area contributed by atoms with Crippen LogP contribution in [0.4, 0.5) is 10.5 Å². The van der Waals surface area contributed by atoms with Crippen LogP contribution in [0.2, 0.25) is 0 Å². The van der Waals surface area contributed by atoms with Crippen LogP contribution in [0.3, 0.4) is 0 Å². The van der Waals surface area contributed by atoms with E-state index in [1.807, 2.05) is 18.2 Å². The molecule has 1 aromatic rings. The van der Waals surface area contributed by atoms with Crippen LogP contribution >= 0.6 is 0 Å². The Morgan fingerprint density at radius 2 is 2.00 bits per heavy atom. The van der Waals surface area contributed by atoms with Crippen LogP contribution < -0.4 is 4.90 Å². The zero-order valence-electron chi connectivity index (χ0n) is 9.45. The molecule has 1 aliphatic rings. The number of hydrogen-bond acceptors (Lipinski definition) is 2. The Hall–Kier alpha value is -2.10. The summed E-state index contributed by atoms with van der Waals surface area (Å²) >= 11 is 0. The van der Waals surface area contributed by atoms with Crippen molar-refractivity contribution in [1.29, 1.82) is 0 Å². The molecule has 4 nitrogen and oxygen atoms in total. The van der Waals surface area contributed by atoms with E-state index in [2.05, 4.69) is 0 Å². The van der Waals surface area contributed by atoms with Gasteiger partial charge in [0.2, 0.25) is 6.41 Å². The smallest absolute Gasteiger partial charge is 0.320 e. The summed E-state index contributed by atoms with van der Waals surface area (Å²) in [5.74, 6) is 0. The number of carbonyl (C=O) groups excluding carboxylic acids is 2. The number of amides is 3. The van der Waals surface area contributed by atoms with Gasteiger partial charge in [0.1, 0.15) is 0 Å². The molecule has 3 amide bonds. The molecule has 0 radical (unpaired) electrons. The van der Waals surface area contributed by atoms with Gasteiger partial charge in [-0.2, -0.15) is 0 Å². The molecule has 0 fully saturated rings. The minimum absolute atomic E-state index is 0.268. The van der Waals surface area contributed by atoms with E-state index in [0.29, 0.717) is 25.2 Å². The highest BCUT2D eigenvalue weighted by atomic mass is 16.2. The first-order chi connectivity index (χ1) is 8.33. The Morgan fingerprint density at radius 3 is 2.59 bits per heavy atom. The number of rotatable bonds is 2. The van der Waals surface area contributed by atoms with E-state index in [1.54, 1.807) is 29.2 Å². The van der Waals surface area contributed by atoms with Gasteiger partial charge in [-0.25, -0.2) is 9.69 Å². The van der Waals surface area contributed by atoms with Crippen LogP contribution in [0.5, 0.6) is 0 Å². The van der Waals surface area contributed by atoms with Gasteiger partial charge in [0.15, 0.2) is 0 Å². The summed E-state index contributed by atoms with van der Waals surface area (Å²) in [4.78, 5) is 26.0. The van der Waals surface area contributed by atoms with Gasteiger partial charge in [0.25, 0.3) is 0 Å². The third kappa shape index (κ3) is 2.53. The lowest BCUT2D eigenvalue weighted by atomic mass is 10.2. The molecule has 0 N–H and O–H groups in total. The molecule has 0 aromatic heterocycles. The minimum Gasteiger partial charge on any atom is -0.320 e. The Kier molecular flexibility index (Phi) is 3.55. The van der Waals surface area contributed by atoms with Crippen molar-refractivity contribution in [2.75, 3.05) is 18.0 Å². The number of carbonyl (C=O) groups is 2. The van der Waals surface area contributed by atoms with Crippen molar-refractivity contribution in [3.63, 3.8) is 0 Å². The predicted octanol–water partition coefficient (Wildman–Crippen LogP) is 2.03. The highest BCUT2D eigenvalue weighted by Crippen LogP contribution is 2.14. The molecular weight excluding hydrogens is 216 g/mol. The lowest BCUT2D eigenvalue weighted by molar-refractivity contribution is -0.107. The summed E-state index contributed by atoms with van der Waals surface area (Å²) in [6.45, 7) is 1.22. The second kappa shape index (κ2) is 5.30.